The van der Waals surface area contributed by atoms with Gasteiger partial charge < -0.3 is 9.55 Å². The van der Waals surface area contributed by atoms with Crippen LogP contribution in [0, 0.1) is 3.57 Å². The first-order valence-electron chi connectivity index (χ1n) is 14.5. The fourth-order valence-corrected chi connectivity index (χ4v) is 6.01. The smallest absolute Gasteiger partial charge is 0.0540 e. The van der Waals surface area contributed by atoms with Gasteiger partial charge in [0.2, 0.25) is 0 Å². The first kappa shape index (κ1) is 31.1. The van der Waals surface area contributed by atoms with E-state index in [0.717, 1.165) is 8.95 Å². The Morgan fingerprint density at radius 1 is 0.489 bits per heavy atom. The number of halogens is 3. The number of aromatic amines is 1. The second-order valence-corrected chi connectivity index (χ2v) is 13.4. The van der Waals surface area contributed by atoms with E-state index in [1.807, 2.05) is 24.3 Å². The number of benzene rings is 6. The highest BCUT2D eigenvalue weighted by atomic mass is 127. The van der Waals surface area contributed by atoms with Crippen molar-refractivity contribution < 1.29 is 0 Å². The lowest BCUT2D eigenvalue weighted by Gasteiger charge is -2.11. The molecule has 2 heterocycles. The molecule has 5 heteroatoms. The van der Waals surface area contributed by atoms with E-state index in [9.17, 15) is 0 Å². The van der Waals surface area contributed by atoms with E-state index in [0.29, 0.717) is 0 Å². The predicted molar refractivity (Wildman–Crippen MR) is 207 cm³/mol. The molecule has 45 heavy (non-hydrogen) atoms. The van der Waals surface area contributed by atoms with Gasteiger partial charge in [-0.05, 0) is 107 Å². The van der Waals surface area contributed by atoms with Gasteiger partial charge in [0.05, 0.1) is 11.2 Å². The number of nitrogens with zero attached hydrogens (tertiary/aromatic N) is 1. The summed E-state index contributed by atoms with van der Waals surface area (Å²) < 4.78 is 5.81. The molecule has 0 aliphatic heterocycles. The van der Waals surface area contributed by atoms with Gasteiger partial charge in [0.1, 0.15) is 0 Å². The van der Waals surface area contributed by atoms with Crippen LogP contribution in [0.1, 0.15) is 0 Å². The summed E-state index contributed by atoms with van der Waals surface area (Å²) in [4.78, 5) is 3.41. The van der Waals surface area contributed by atoms with Crippen LogP contribution in [-0.2, 0) is 0 Å². The quantitative estimate of drug-likeness (QED) is 0.171. The molecule has 0 radical (unpaired) electrons. The summed E-state index contributed by atoms with van der Waals surface area (Å²) >= 11 is 9.13. The van der Waals surface area contributed by atoms with Crippen molar-refractivity contribution in [2.75, 3.05) is 0 Å². The van der Waals surface area contributed by atoms with Crippen LogP contribution in [0.3, 0.4) is 0 Å². The van der Waals surface area contributed by atoms with E-state index in [-0.39, 0.29) is 0 Å². The lowest BCUT2D eigenvalue weighted by Crippen LogP contribution is -1.96. The molecule has 0 saturated carbocycles. The molecule has 2 aromatic heterocycles. The number of fused-ring (bicyclic) bond motifs is 2. The molecule has 6 aromatic carbocycles. The highest BCUT2D eigenvalue weighted by molar-refractivity contribution is 14.1. The maximum absolute atomic E-state index is 3.51. The minimum Gasteiger partial charge on any atom is -0.355 e. The summed E-state index contributed by atoms with van der Waals surface area (Å²) in [5.74, 6) is 0. The Morgan fingerprint density at radius 3 is 1.64 bits per heavy atom. The van der Waals surface area contributed by atoms with Gasteiger partial charge in [0.15, 0.2) is 0 Å². The maximum atomic E-state index is 3.51. The number of para-hydroxylation sites is 2. The van der Waals surface area contributed by atoms with Gasteiger partial charge in [-0.1, -0.05) is 129 Å². The largest absolute Gasteiger partial charge is 0.355 e. The number of H-pyrrole nitrogens is 1. The van der Waals surface area contributed by atoms with Crippen LogP contribution in [0.15, 0.2) is 179 Å². The molecular formula is C40H29Br2IN2. The molecule has 8 rings (SSSR count). The molecule has 0 spiro atoms. The summed E-state index contributed by atoms with van der Waals surface area (Å²) in [6, 6.07) is 58.8. The first-order chi connectivity index (χ1) is 22.0. The SMILES string of the molecule is Brc1ccc(-n2c(-c3ccccc3)cc3ccccc32)cc1.Brc1ccc(I)cc1.c1ccc(-c2cc3ccccc3[nH]2)cc1. The Bertz CT molecular complexity index is 2060. The van der Waals surface area contributed by atoms with Gasteiger partial charge >= 0.3 is 0 Å². The Hall–Kier alpha value is -3.91. The van der Waals surface area contributed by atoms with Crippen LogP contribution in [0.5, 0.6) is 0 Å². The molecule has 0 atom stereocenters. The summed E-state index contributed by atoms with van der Waals surface area (Å²) in [5, 5.41) is 2.51. The molecule has 0 unspecified atom stereocenters. The van der Waals surface area contributed by atoms with Crippen LogP contribution < -0.4 is 0 Å². The molecule has 0 aliphatic carbocycles. The fraction of sp³-hybridized carbons (Fsp3) is 0. The second-order valence-electron chi connectivity index (χ2n) is 10.3. The number of nitrogens with one attached hydrogen (secondary N) is 1. The average molecular weight is 824 g/mol. The molecule has 0 amide bonds. The van der Waals surface area contributed by atoms with Crippen LogP contribution in [0.25, 0.3) is 50.0 Å². The van der Waals surface area contributed by atoms with Crippen molar-refractivity contribution >= 4 is 76.3 Å². The molecule has 1 N–H and O–H groups in total. The Labute approximate surface area is 294 Å². The molecular weight excluding hydrogens is 795 g/mol. The monoisotopic (exact) mass is 822 g/mol. The molecule has 0 aliphatic rings. The molecule has 0 saturated heterocycles. The molecule has 0 fully saturated rings. The van der Waals surface area contributed by atoms with Crippen LogP contribution >= 0.6 is 54.5 Å². The van der Waals surface area contributed by atoms with E-state index >= 15 is 0 Å². The molecule has 2 nitrogen and oxygen atoms in total. The number of hydrogen-bond donors (Lipinski definition) is 1. The topological polar surface area (TPSA) is 20.7 Å². The van der Waals surface area contributed by atoms with Crippen LogP contribution in [0.4, 0.5) is 0 Å². The number of rotatable bonds is 3. The highest BCUT2D eigenvalue weighted by Gasteiger charge is 2.11. The zero-order chi connectivity index (χ0) is 31.0. The van der Waals surface area contributed by atoms with Gasteiger partial charge in [-0.15, -0.1) is 0 Å². The average Bonchev–Trinajstić information content (AvgIpc) is 3.70. The summed E-state index contributed by atoms with van der Waals surface area (Å²) in [5.41, 5.74) is 8.43. The molecule has 0 bridgehead atoms. The lowest BCUT2D eigenvalue weighted by molar-refractivity contribution is 1.13. The molecule has 220 valence electrons. The van der Waals surface area contributed by atoms with Gasteiger partial charge in [-0.3, -0.25) is 0 Å². The van der Waals surface area contributed by atoms with Crippen molar-refractivity contribution in [2.24, 2.45) is 0 Å². The van der Waals surface area contributed by atoms with Crippen molar-refractivity contribution in [3.63, 3.8) is 0 Å². The van der Waals surface area contributed by atoms with Gasteiger partial charge in [-0.25, -0.2) is 0 Å². The Balaban J connectivity index is 0.000000134. The second kappa shape index (κ2) is 14.9. The van der Waals surface area contributed by atoms with Crippen molar-refractivity contribution in [3.8, 4) is 28.2 Å². The predicted octanol–water partition coefficient (Wildman–Crippen LogP) is 12.9. The van der Waals surface area contributed by atoms with Gasteiger partial charge in [0.25, 0.3) is 0 Å². The zero-order valence-electron chi connectivity index (χ0n) is 24.2. The standard InChI is InChI=1S/C20H14BrN.C14H11N.C6H4BrI/c21-17-10-12-18(13-11-17)22-19-9-5-4-8-16(19)14-20(22)15-6-2-1-3-7-15;1-2-6-11(7-3-1)14-10-12-8-4-5-9-13(12)15-14;7-5-1-3-6(8)4-2-5/h1-14H;1-10,15H;1-4H. The van der Waals surface area contributed by atoms with Crippen LogP contribution in [0.2, 0.25) is 0 Å². The van der Waals surface area contributed by atoms with Crippen molar-refractivity contribution in [2.45, 2.75) is 0 Å². The minimum atomic E-state index is 1.09. The Kier molecular flexibility index (Phi) is 10.3. The van der Waals surface area contributed by atoms with E-state index < -0.39 is 0 Å². The fourth-order valence-electron chi connectivity index (χ4n) is 5.12. The number of aromatic nitrogens is 2. The van der Waals surface area contributed by atoms with Gasteiger partial charge in [0, 0.05) is 40.2 Å². The third kappa shape index (κ3) is 7.85. The van der Waals surface area contributed by atoms with E-state index in [2.05, 4.69) is 210 Å². The van der Waals surface area contributed by atoms with E-state index in [1.54, 1.807) is 0 Å². The van der Waals surface area contributed by atoms with Gasteiger partial charge in [-0.2, -0.15) is 0 Å². The summed E-state index contributed by atoms with van der Waals surface area (Å²) in [7, 11) is 0. The summed E-state index contributed by atoms with van der Waals surface area (Å²) in [6.45, 7) is 0. The van der Waals surface area contributed by atoms with E-state index in [1.165, 1.54) is 53.6 Å². The first-order valence-corrected chi connectivity index (χ1v) is 17.2. The number of hydrogen-bond acceptors (Lipinski definition) is 0. The Morgan fingerprint density at radius 2 is 1.02 bits per heavy atom. The van der Waals surface area contributed by atoms with Crippen molar-refractivity contribution in [1.82, 2.24) is 9.55 Å². The normalized spacial score (nSPS) is 10.6. The van der Waals surface area contributed by atoms with E-state index in [4.69, 9.17) is 0 Å². The highest BCUT2D eigenvalue weighted by Crippen LogP contribution is 2.32. The summed E-state index contributed by atoms with van der Waals surface area (Å²) in [6.07, 6.45) is 0. The van der Waals surface area contributed by atoms with Crippen molar-refractivity contribution in [1.29, 1.82) is 0 Å². The lowest BCUT2D eigenvalue weighted by atomic mass is 10.1. The van der Waals surface area contributed by atoms with Crippen LogP contribution in [-0.4, -0.2) is 9.55 Å². The zero-order valence-corrected chi connectivity index (χ0v) is 29.6. The maximum Gasteiger partial charge on any atom is 0.0540 e. The molecule has 8 aromatic rings. The minimum absolute atomic E-state index is 1.09. The third-order valence-corrected chi connectivity index (χ3v) is 9.06. The van der Waals surface area contributed by atoms with Crippen molar-refractivity contribution in [3.05, 3.63) is 182 Å². The third-order valence-electron chi connectivity index (χ3n) is 7.28.